The van der Waals surface area contributed by atoms with Crippen molar-refractivity contribution in [3.8, 4) is 0 Å². The first kappa shape index (κ1) is 98.5. The molecule has 0 spiro atoms. The van der Waals surface area contributed by atoms with Gasteiger partial charge in [0.1, 0.15) is 79.1 Å². The van der Waals surface area contributed by atoms with Crippen LogP contribution in [0.5, 0.6) is 0 Å². The molecule has 6 heterocycles. The quantitative estimate of drug-likeness (QED) is 0.0122. The summed E-state index contributed by atoms with van der Waals surface area (Å²) in [6.45, 7) is 17.3. The fourth-order valence-electron chi connectivity index (χ4n) is 16.5. The van der Waals surface area contributed by atoms with Gasteiger partial charge in [-0.2, -0.15) is 0 Å². The lowest BCUT2D eigenvalue weighted by Gasteiger charge is -2.51. The van der Waals surface area contributed by atoms with Crippen molar-refractivity contribution in [2.24, 2.45) is 11.8 Å². The lowest BCUT2D eigenvalue weighted by atomic mass is 9.95. The third-order valence-corrected chi connectivity index (χ3v) is 24.4. The standard InChI is InChI=1S/C103H129ClO25/c1-8-13-16-40-57-83(105)122-93-90(113-62-75-49-34-21-35-50-75)85(111-60-73-45-30-19-31-46-73)79(64-109-58-71-41-26-17-27-42-71)119-100(93)116-67-82-88(123-96(107)69(6)11-4)92(124-97(108)70(7)12-5)95-102(121-82)129-103(68-104,128-95)127-89-84(106)99(118-81-66-115-98(125-87(81)89)77-53-38-23-39-54-77)126-94-91(114-63-76-51-36-22-37-52-76)86(112-61-74-47-32-20-33-48-74)80(65-110-59-72-43-28-18-29-44-72)120-101(94)117-78(55-24-14-9-2)56-25-15-10-3/h8-9,17-23,26-39,41-54,69-70,78-82,84-95,98-102,106H,1-2,10-16,24-25,40,55-68H2,3-7H3/t69-,70-,78+,79+,80+,81+,82+,84+,85+,86+,87+,88+,89+,90-,91-,92-,93+,94+,95+,98?,99-,100+,101+,102+,103?/m0/s1. The molecule has 6 fully saturated rings. The highest BCUT2D eigenvalue weighted by Crippen LogP contribution is 2.47. The molecule has 13 rings (SSSR count). The fraction of sp³-hybridized carbons (Fsp3) is 0.524. The molecule has 0 aromatic heterocycles. The Morgan fingerprint density at radius 2 is 0.922 bits per heavy atom. The molecule has 7 aromatic carbocycles. The number of carbonyl (C=O) groups excluding carboxylic acids is 3. The number of hydrogen-bond donors (Lipinski definition) is 1. The number of halogens is 1. The van der Waals surface area contributed by atoms with Crippen LogP contribution >= 0.6 is 11.6 Å². The molecule has 129 heavy (non-hydrogen) atoms. The SMILES string of the molecule is C=CCCCCC(=O)O[C@H]1[C@H](OC[C@H]2O[C@@H]3OC(CCl)(O[C@@H]4[C@@H](O)[C@H](O[C@H]5[C@H](O[C@H](CCCC=C)CCCCC)O[C@H](COCc6ccccc6)[C@@H](OCc6ccccc6)[C@@H]5OCc5ccccc5)O[C@@H]5COC(c6ccccc6)O[C@@H]45)O[C@@H]3[C@@H](OC(=O)[C@@H](C)CC)[C@@H]2OC(=O)[C@@H](C)CC)O[C@H](COCc2ccccc2)[C@@H](OCc2ccccc2)[C@@H]1OCc1ccccc1. The summed E-state index contributed by atoms with van der Waals surface area (Å²) in [6, 6.07) is 67.5. The number of allylic oxidation sites excluding steroid dienone is 2. The molecule has 25 atom stereocenters. The van der Waals surface area contributed by atoms with Gasteiger partial charge in [-0.1, -0.05) is 278 Å². The molecule has 0 radical (unpaired) electrons. The summed E-state index contributed by atoms with van der Waals surface area (Å²) >= 11 is 7.34. The molecule has 0 bridgehead atoms. The molecule has 26 heteroatoms. The van der Waals surface area contributed by atoms with Gasteiger partial charge >= 0.3 is 23.9 Å². The molecule has 2 unspecified atom stereocenters. The average molecular weight is 1800 g/mol. The minimum absolute atomic E-state index is 0.0207. The van der Waals surface area contributed by atoms with Gasteiger partial charge in [-0.25, -0.2) is 0 Å². The van der Waals surface area contributed by atoms with E-state index in [0.29, 0.717) is 50.5 Å². The number of aliphatic hydroxyl groups excluding tert-OH is 1. The number of alkyl halides is 1. The van der Waals surface area contributed by atoms with Crippen molar-refractivity contribution in [1.82, 2.24) is 0 Å². The predicted octanol–water partition coefficient (Wildman–Crippen LogP) is 17.1. The summed E-state index contributed by atoms with van der Waals surface area (Å²) in [4.78, 5) is 44.2. The molecule has 6 saturated heterocycles. The number of carbonyl (C=O) groups is 3. The van der Waals surface area contributed by atoms with E-state index in [-0.39, 0.29) is 72.0 Å². The summed E-state index contributed by atoms with van der Waals surface area (Å²) in [5.41, 5.74) is 5.88. The number of aliphatic hydroxyl groups is 1. The zero-order valence-electron chi connectivity index (χ0n) is 74.7. The van der Waals surface area contributed by atoms with Gasteiger partial charge in [-0.15, -0.1) is 24.8 Å². The van der Waals surface area contributed by atoms with Crippen molar-refractivity contribution in [2.75, 3.05) is 32.3 Å². The Morgan fingerprint density at radius 3 is 1.43 bits per heavy atom. The number of rotatable bonds is 51. The van der Waals surface area contributed by atoms with Gasteiger partial charge in [-0.05, 0) is 91.2 Å². The van der Waals surface area contributed by atoms with Crippen molar-refractivity contribution in [3.05, 3.63) is 277 Å². The van der Waals surface area contributed by atoms with Crippen molar-refractivity contribution in [2.45, 2.75) is 299 Å². The molecule has 1 N–H and O–H groups in total. The van der Waals surface area contributed by atoms with Gasteiger partial charge in [0.25, 0.3) is 0 Å². The molecule has 0 saturated carbocycles. The molecule has 6 aliphatic heterocycles. The Hall–Kier alpha value is -8.04. The maximum absolute atomic E-state index is 14.8. The smallest absolute Gasteiger partial charge is 0.309 e. The summed E-state index contributed by atoms with van der Waals surface area (Å²) in [7, 11) is 0. The molecule has 698 valence electrons. The van der Waals surface area contributed by atoms with Gasteiger partial charge in [0.15, 0.2) is 55.9 Å². The Kier molecular flexibility index (Phi) is 39.1. The first-order valence-electron chi connectivity index (χ1n) is 46.0. The van der Waals surface area contributed by atoms with Crippen LogP contribution in [0, 0.1) is 11.8 Å². The van der Waals surface area contributed by atoms with Crippen molar-refractivity contribution in [1.29, 1.82) is 0 Å². The first-order chi connectivity index (χ1) is 63.1. The second kappa shape index (κ2) is 51.3. The molecule has 0 aliphatic carbocycles. The highest BCUT2D eigenvalue weighted by molar-refractivity contribution is 6.18. The Balaban J connectivity index is 0.871. The zero-order valence-corrected chi connectivity index (χ0v) is 75.5. The van der Waals surface area contributed by atoms with E-state index in [9.17, 15) is 19.5 Å². The molecule has 7 aromatic rings. The predicted molar refractivity (Wildman–Crippen MR) is 478 cm³/mol. The van der Waals surface area contributed by atoms with E-state index < -0.39 is 177 Å². The van der Waals surface area contributed by atoms with E-state index in [1.807, 2.05) is 232 Å². The van der Waals surface area contributed by atoms with Crippen LogP contribution < -0.4 is 0 Å². The largest absolute Gasteiger partial charge is 0.455 e. The second-order valence-corrected chi connectivity index (χ2v) is 34.1. The van der Waals surface area contributed by atoms with Crippen LogP contribution in [0.1, 0.15) is 163 Å². The third kappa shape index (κ3) is 28.0. The number of hydrogen-bond acceptors (Lipinski definition) is 25. The van der Waals surface area contributed by atoms with Crippen molar-refractivity contribution >= 4 is 29.5 Å². The molecule has 25 nitrogen and oxygen atoms in total. The van der Waals surface area contributed by atoms with E-state index in [1.54, 1.807) is 19.9 Å². The number of benzene rings is 7. The topological polar surface area (TPSA) is 265 Å². The molecular formula is C103H129ClO25. The number of unbranched alkanes of at least 4 members (excludes halogenated alkanes) is 5. The summed E-state index contributed by atoms with van der Waals surface area (Å²) < 4.78 is 147. The van der Waals surface area contributed by atoms with Gasteiger partial charge in [0.2, 0.25) is 0 Å². The van der Waals surface area contributed by atoms with Crippen molar-refractivity contribution in [3.63, 3.8) is 0 Å². The Labute approximate surface area is 764 Å². The summed E-state index contributed by atoms with van der Waals surface area (Å²) in [6.07, 6.45) is -16.0. The minimum atomic E-state index is -2.47. The highest BCUT2D eigenvalue weighted by atomic mass is 35.5. The average Bonchev–Trinajstić information content (AvgIpc) is 1.53. The number of esters is 3. The molecular weight excluding hydrogens is 1670 g/mol. The van der Waals surface area contributed by atoms with E-state index in [2.05, 4.69) is 20.1 Å². The van der Waals surface area contributed by atoms with E-state index >= 15 is 0 Å². The van der Waals surface area contributed by atoms with Crippen molar-refractivity contribution < 1.29 is 119 Å². The normalized spacial score (nSPS) is 29.2. The number of ether oxygens (including phenoxy) is 21. The maximum atomic E-state index is 14.8. The zero-order chi connectivity index (χ0) is 90.1. The van der Waals surface area contributed by atoms with E-state index in [0.717, 1.165) is 65.5 Å². The highest BCUT2D eigenvalue weighted by Gasteiger charge is 2.65. The van der Waals surface area contributed by atoms with Gasteiger partial charge in [-0.3, -0.25) is 19.1 Å². The third-order valence-electron chi connectivity index (χ3n) is 24.1. The monoisotopic (exact) mass is 1800 g/mol. The van der Waals surface area contributed by atoms with E-state index in [1.165, 1.54) is 0 Å². The number of fused-ring (bicyclic) bond motifs is 2. The van der Waals surface area contributed by atoms with Gasteiger partial charge in [0.05, 0.1) is 84.0 Å². The van der Waals surface area contributed by atoms with Crippen LogP contribution in [0.3, 0.4) is 0 Å². The lowest BCUT2D eigenvalue weighted by molar-refractivity contribution is -0.431. The molecule has 0 amide bonds. The minimum Gasteiger partial charge on any atom is -0.455 e. The van der Waals surface area contributed by atoms with Crippen LogP contribution in [0.25, 0.3) is 0 Å². The fourth-order valence-corrected chi connectivity index (χ4v) is 16.7. The Morgan fingerprint density at radius 1 is 0.457 bits per heavy atom. The van der Waals surface area contributed by atoms with Crippen LogP contribution in [-0.4, -0.2) is 190 Å². The Bertz CT molecular complexity index is 4400. The van der Waals surface area contributed by atoms with Gasteiger partial charge in [0, 0.05) is 12.0 Å². The van der Waals surface area contributed by atoms with E-state index in [4.69, 9.17) is 111 Å². The maximum Gasteiger partial charge on any atom is 0.309 e. The summed E-state index contributed by atoms with van der Waals surface area (Å²) in [5, 5.41) is 13.8. The van der Waals surface area contributed by atoms with Crippen LogP contribution in [0.2, 0.25) is 0 Å². The van der Waals surface area contributed by atoms with Crippen LogP contribution in [-0.2, 0) is 153 Å². The lowest BCUT2D eigenvalue weighted by Crippen LogP contribution is -2.68. The molecule has 6 aliphatic rings. The van der Waals surface area contributed by atoms with Crippen LogP contribution in [0.4, 0.5) is 0 Å². The first-order valence-corrected chi connectivity index (χ1v) is 46.5. The van der Waals surface area contributed by atoms with Crippen LogP contribution in [0.15, 0.2) is 238 Å². The second-order valence-electron chi connectivity index (χ2n) is 33.8. The van der Waals surface area contributed by atoms with Gasteiger partial charge < -0.3 is 99.8 Å². The summed E-state index contributed by atoms with van der Waals surface area (Å²) in [5.74, 6) is -6.44.